The molecular formula is C20H31N3O2. The Kier molecular flexibility index (Phi) is 6.16. The lowest BCUT2D eigenvalue weighted by Gasteiger charge is -2.16. The number of hydrogen-bond acceptors (Lipinski definition) is 2. The summed E-state index contributed by atoms with van der Waals surface area (Å²) in [5, 5.41) is 0. The summed E-state index contributed by atoms with van der Waals surface area (Å²) >= 11 is 0. The maximum atomic E-state index is 12.2. The Morgan fingerprint density at radius 2 is 2.16 bits per heavy atom. The molecule has 138 valence electrons. The van der Waals surface area contributed by atoms with E-state index in [2.05, 4.69) is 24.1 Å². The Balaban J connectivity index is 1.50. The van der Waals surface area contributed by atoms with E-state index in [-0.39, 0.29) is 11.6 Å². The monoisotopic (exact) mass is 345 g/mol. The minimum atomic E-state index is -0.0979. The number of aromatic amines is 1. The van der Waals surface area contributed by atoms with E-state index in [9.17, 15) is 9.59 Å². The molecule has 2 heterocycles. The first-order valence-corrected chi connectivity index (χ1v) is 9.88. The second-order valence-corrected chi connectivity index (χ2v) is 7.68. The summed E-state index contributed by atoms with van der Waals surface area (Å²) in [6.45, 7) is 3.33. The summed E-state index contributed by atoms with van der Waals surface area (Å²) in [6.07, 6.45) is 16.4. The van der Waals surface area contributed by atoms with Gasteiger partial charge in [-0.25, -0.2) is 4.79 Å². The van der Waals surface area contributed by atoms with Gasteiger partial charge in [0.05, 0.1) is 0 Å². The fourth-order valence-electron chi connectivity index (χ4n) is 4.17. The van der Waals surface area contributed by atoms with Crippen molar-refractivity contribution >= 4 is 5.91 Å². The van der Waals surface area contributed by atoms with E-state index in [1.54, 1.807) is 4.57 Å². The lowest BCUT2D eigenvalue weighted by molar-refractivity contribution is -0.129. The Hall–Kier alpha value is -1.78. The molecule has 1 aliphatic carbocycles. The second-order valence-electron chi connectivity index (χ2n) is 7.68. The van der Waals surface area contributed by atoms with Crippen LogP contribution < -0.4 is 5.69 Å². The maximum absolute atomic E-state index is 12.2. The SMILES string of the molecule is CCCC1CC(=O)N(Cn2cc(CCCC3C=CCCC3)[nH]c2=O)C1. The van der Waals surface area contributed by atoms with Gasteiger partial charge in [0, 0.05) is 24.9 Å². The summed E-state index contributed by atoms with van der Waals surface area (Å²) in [4.78, 5) is 29.1. The number of hydrogen-bond donors (Lipinski definition) is 1. The van der Waals surface area contributed by atoms with Crippen LogP contribution in [0.5, 0.6) is 0 Å². The van der Waals surface area contributed by atoms with Crippen LogP contribution in [0.4, 0.5) is 0 Å². The molecule has 0 saturated carbocycles. The average Bonchev–Trinajstić information content (AvgIpc) is 3.12. The number of imidazole rings is 1. The van der Waals surface area contributed by atoms with Crippen LogP contribution in [0, 0.1) is 11.8 Å². The summed E-state index contributed by atoms with van der Waals surface area (Å²) in [5.41, 5.74) is 0.890. The molecule has 0 bridgehead atoms. The van der Waals surface area contributed by atoms with Gasteiger partial charge < -0.3 is 9.88 Å². The third kappa shape index (κ3) is 4.86. The molecule has 1 aromatic rings. The van der Waals surface area contributed by atoms with Crippen LogP contribution in [0.2, 0.25) is 0 Å². The molecule has 1 amide bonds. The molecule has 2 aliphatic rings. The predicted octanol–water partition coefficient (Wildman–Crippen LogP) is 3.46. The van der Waals surface area contributed by atoms with Gasteiger partial charge in [0.2, 0.25) is 5.91 Å². The smallest absolute Gasteiger partial charge is 0.324 e. The van der Waals surface area contributed by atoms with Crippen molar-refractivity contribution in [2.24, 2.45) is 11.8 Å². The summed E-state index contributed by atoms with van der Waals surface area (Å²) in [6, 6.07) is 0. The molecule has 5 heteroatoms. The number of carbonyl (C=O) groups excluding carboxylic acids is 1. The largest absolute Gasteiger partial charge is 0.327 e. The number of aromatic nitrogens is 2. The van der Waals surface area contributed by atoms with Crippen LogP contribution >= 0.6 is 0 Å². The summed E-state index contributed by atoms with van der Waals surface area (Å²) in [7, 11) is 0. The first-order valence-electron chi connectivity index (χ1n) is 9.88. The Morgan fingerprint density at radius 1 is 1.28 bits per heavy atom. The van der Waals surface area contributed by atoms with Crippen LogP contribution in [-0.2, 0) is 17.9 Å². The van der Waals surface area contributed by atoms with Crippen LogP contribution in [0.25, 0.3) is 0 Å². The number of amides is 1. The van der Waals surface area contributed by atoms with Crippen molar-refractivity contribution in [3.8, 4) is 0 Å². The lowest BCUT2D eigenvalue weighted by atomic mass is 9.91. The zero-order valence-electron chi connectivity index (χ0n) is 15.4. The van der Waals surface area contributed by atoms with Crippen molar-refractivity contribution in [2.75, 3.05) is 6.54 Å². The molecule has 0 radical (unpaired) electrons. The molecule has 1 N–H and O–H groups in total. The molecule has 5 nitrogen and oxygen atoms in total. The third-order valence-electron chi connectivity index (χ3n) is 5.53. The summed E-state index contributed by atoms with van der Waals surface area (Å²) in [5.74, 6) is 1.34. The number of likely N-dealkylation sites (tertiary alicyclic amines) is 1. The van der Waals surface area contributed by atoms with Crippen LogP contribution in [-0.4, -0.2) is 26.9 Å². The van der Waals surface area contributed by atoms with Crippen molar-refractivity contribution in [3.63, 3.8) is 0 Å². The first-order chi connectivity index (χ1) is 12.2. The van der Waals surface area contributed by atoms with Crippen LogP contribution in [0.15, 0.2) is 23.1 Å². The van der Waals surface area contributed by atoms with E-state index in [1.807, 2.05) is 11.1 Å². The maximum Gasteiger partial charge on any atom is 0.327 e. The number of nitrogens with zero attached hydrogens (tertiary/aromatic N) is 2. The quantitative estimate of drug-likeness (QED) is 0.734. The Bertz CT molecular complexity index is 658. The van der Waals surface area contributed by atoms with E-state index in [4.69, 9.17) is 0 Å². The van der Waals surface area contributed by atoms with Crippen molar-refractivity contribution < 1.29 is 4.79 Å². The lowest BCUT2D eigenvalue weighted by Crippen LogP contribution is -2.32. The average molecular weight is 345 g/mol. The number of nitrogens with one attached hydrogen (secondary N) is 1. The number of rotatable bonds is 8. The van der Waals surface area contributed by atoms with Gasteiger partial charge in [0.1, 0.15) is 6.67 Å². The van der Waals surface area contributed by atoms with E-state index >= 15 is 0 Å². The van der Waals surface area contributed by atoms with Crippen molar-refractivity contribution in [3.05, 3.63) is 34.5 Å². The van der Waals surface area contributed by atoms with Gasteiger partial charge in [-0.15, -0.1) is 0 Å². The molecule has 1 fully saturated rings. The van der Waals surface area contributed by atoms with Gasteiger partial charge in [0.25, 0.3) is 0 Å². The molecule has 25 heavy (non-hydrogen) atoms. The molecule has 2 atom stereocenters. The highest BCUT2D eigenvalue weighted by Gasteiger charge is 2.29. The molecule has 3 rings (SSSR count). The van der Waals surface area contributed by atoms with Crippen LogP contribution in [0.1, 0.15) is 64.0 Å². The third-order valence-corrected chi connectivity index (χ3v) is 5.53. The zero-order chi connectivity index (χ0) is 17.6. The molecule has 1 saturated heterocycles. The number of aryl methyl sites for hydroxylation is 1. The normalized spacial score (nSPS) is 23.6. The summed E-state index contributed by atoms with van der Waals surface area (Å²) < 4.78 is 1.65. The van der Waals surface area contributed by atoms with E-state index in [1.165, 1.54) is 25.7 Å². The van der Waals surface area contributed by atoms with E-state index in [0.29, 0.717) is 24.9 Å². The predicted molar refractivity (Wildman–Crippen MR) is 99.2 cm³/mol. The molecule has 1 aliphatic heterocycles. The number of carbonyl (C=O) groups is 1. The van der Waals surface area contributed by atoms with Gasteiger partial charge in [-0.1, -0.05) is 25.5 Å². The van der Waals surface area contributed by atoms with Crippen molar-refractivity contribution in [1.82, 2.24) is 14.5 Å². The molecule has 0 aromatic carbocycles. The van der Waals surface area contributed by atoms with E-state index in [0.717, 1.165) is 37.9 Å². The highest BCUT2D eigenvalue weighted by Crippen LogP contribution is 2.23. The van der Waals surface area contributed by atoms with Gasteiger partial charge >= 0.3 is 5.69 Å². The van der Waals surface area contributed by atoms with Gasteiger partial charge in [-0.05, 0) is 56.8 Å². The van der Waals surface area contributed by atoms with Crippen molar-refractivity contribution in [2.45, 2.75) is 71.4 Å². The highest BCUT2D eigenvalue weighted by molar-refractivity contribution is 5.78. The fraction of sp³-hybridized carbons (Fsp3) is 0.700. The highest BCUT2D eigenvalue weighted by atomic mass is 16.2. The molecule has 0 spiro atoms. The minimum absolute atomic E-state index is 0.0979. The standard InChI is InChI=1S/C20H31N3O2/c1-2-7-17-12-19(24)22(13-17)15-23-14-18(21-20(23)25)11-6-10-16-8-4-3-5-9-16/h4,8,14,16-17H,2-3,5-7,9-13,15H2,1H3,(H,21,25). The Morgan fingerprint density at radius 3 is 2.92 bits per heavy atom. The fourth-order valence-corrected chi connectivity index (χ4v) is 4.17. The topological polar surface area (TPSA) is 58.1 Å². The van der Waals surface area contributed by atoms with Gasteiger partial charge in [0.15, 0.2) is 0 Å². The first kappa shape index (κ1) is 18.0. The van der Waals surface area contributed by atoms with E-state index < -0.39 is 0 Å². The van der Waals surface area contributed by atoms with Crippen LogP contribution in [0.3, 0.4) is 0 Å². The number of H-pyrrole nitrogens is 1. The molecule has 2 unspecified atom stereocenters. The zero-order valence-corrected chi connectivity index (χ0v) is 15.4. The molecular weight excluding hydrogens is 314 g/mol. The van der Waals surface area contributed by atoms with Gasteiger partial charge in [-0.3, -0.25) is 9.36 Å². The Labute approximate surface area is 150 Å². The van der Waals surface area contributed by atoms with Gasteiger partial charge in [-0.2, -0.15) is 0 Å². The molecule has 1 aromatic heterocycles. The van der Waals surface area contributed by atoms with Crippen molar-refractivity contribution in [1.29, 1.82) is 0 Å². The number of allylic oxidation sites excluding steroid dienone is 2. The minimum Gasteiger partial charge on any atom is -0.324 e. The second kappa shape index (κ2) is 8.54.